The Labute approximate surface area is 140 Å². The summed E-state index contributed by atoms with van der Waals surface area (Å²) < 4.78 is 16.6. The Morgan fingerprint density at radius 2 is 1.96 bits per heavy atom. The lowest BCUT2D eigenvalue weighted by Crippen LogP contribution is -2.33. The van der Waals surface area contributed by atoms with E-state index in [4.69, 9.17) is 13.9 Å². The molecular formula is C17H21N3O4. The van der Waals surface area contributed by atoms with Crippen LogP contribution in [-0.4, -0.2) is 41.0 Å². The Bertz CT molecular complexity index is 741. The van der Waals surface area contributed by atoms with E-state index in [1.807, 2.05) is 12.1 Å². The molecule has 0 radical (unpaired) electrons. The summed E-state index contributed by atoms with van der Waals surface area (Å²) in [4.78, 5) is 2.08. The number of aliphatic hydroxyl groups excluding tert-OH is 1. The summed E-state index contributed by atoms with van der Waals surface area (Å²) in [5.74, 6) is 3.21. The van der Waals surface area contributed by atoms with Crippen molar-refractivity contribution in [2.75, 3.05) is 20.8 Å². The maximum atomic E-state index is 10.6. The number of rotatable bonds is 5. The topological polar surface area (TPSA) is 80.9 Å². The van der Waals surface area contributed by atoms with Gasteiger partial charge in [-0.2, -0.15) is 0 Å². The minimum Gasteiger partial charge on any atom is -0.496 e. The quantitative estimate of drug-likeness (QED) is 0.897. The molecule has 1 fully saturated rings. The van der Waals surface area contributed by atoms with Gasteiger partial charge in [0, 0.05) is 30.1 Å². The van der Waals surface area contributed by atoms with E-state index < -0.39 is 6.10 Å². The SMILES string of the molecule is COc1ccc(OC)c2c1CN(Cc1nnc(C3CC3)o1)C[C@H]2O. The van der Waals surface area contributed by atoms with Crippen molar-refractivity contribution in [2.45, 2.75) is 38.0 Å². The normalized spacial score (nSPS) is 20.7. The van der Waals surface area contributed by atoms with Crippen LogP contribution in [0, 0.1) is 0 Å². The van der Waals surface area contributed by atoms with Crippen molar-refractivity contribution in [3.63, 3.8) is 0 Å². The molecule has 0 bridgehead atoms. The Kier molecular flexibility index (Phi) is 3.90. The van der Waals surface area contributed by atoms with E-state index in [1.54, 1.807) is 14.2 Å². The average Bonchev–Trinajstić information content (AvgIpc) is 3.34. The molecular weight excluding hydrogens is 310 g/mol. The second-order valence-electron chi connectivity index (χ2n) is 6.36. The van der Waals surface area contributed by atoms with E-state index in [1.165, 1.54) is 0 Å². The maximum absolute atomic E-state index is 10.6. The lowest BCUT2D eigenvalue weighted by molar-refractivity contribution is 0.0790. The van der Waals surface area contributed by atoms with Gasteiger partial charge in [0.05, 0.1) is 26.9 Å². The van der Waals surface area contributed by atoms with Crippen molar-refractivity contribution >= 4 is 0 Å². The number of nitrogens with zero attached hydrogens (tertiary/aromatic N) is 3. The summed E-state index contributed by atoms with van der Waals surface area (Å²) in [5, 5.41) is 18.9. The molecule has 0 spiro atoms. The highest BCUT2D eigenvalue weighted by atomic mass is 16.5. The van der Waals surface area contributed by atoms with Crippen LogP contribution in [0.4, 0.5) is 0 Å². The first kappa shape index (κ1) is 15.4. The largest absolute Gasteiger partial charge is 0.496 e. The van der Waals surface area contributed by atoms with Gasteiger partial charge >= 0.3 is 0 Å². The van der Waals surface area contributed by atoms with Crippen LogP contribution >= 0.6 is 0 Å². The molecule has 2 aromatic rings. The third-order valence-electron chi connectivity index (χ3n) is 4.63. The molecule has 7 heteroatoms. The van der Waals surface area contributed by atoms with Crippen molar-refractivity contribution < 1.29 is 19.0 Å². The number of hydrogen-bond donors (Lipinski definition) is 1. The van der Waals surface area contributed by atoms with Crippen LogP contribution in [0.5, 0.6) is 11.5 Å². The highest BCUT2D eigenvalue weighted by Crippen LogP contribution is 2.41. The van der Waals surface area contributed by atoms with Gasteiger partial charge in [-0.3, -0.25) is 4.90 Å². The van der Waals surface area contributed by atoms with E-state index >= 15 is 0 Å². The van der Waals surface area contributed by atoms with Crippen LogP contribution in [0.1, 0.15) is 47.8 Å². The summed E-state index contributed by atoms with van der Waals surface area (Å²) in [6, 6.07) is 3.70. The minimum absolute atomic E-state index is 0.447. The Morgan fingerprint density at radius 1 is 1.21 bits per heavy atom. The highest BCUT2D eigenvalue weighted by molar-refractivity contribution is 5.51. The second-order valence-corrected chi connectivity index (χ2v) is 6.36. The zero-order chi connectivity index (χ0) is 16.7. The Morgan fingerprint density at radius 3 is 2.67 bits per heavy atom. The van der Waals surface area contributed by atoms with Gasteiger partial charge in [0.25, 0.3) is 0 Å². The minimum atomic E-state index is -0.648. The standard InChI is InChI=1S/C17H21N3O4/c1-22-13-5-6-14(23-2)16-11(13)7-20(8-12(16)21)9-15-18-19-17(24-15)10-3-4-10/h5-6,10,12,21H,3-4,7-9H2,1-2H3/t12-/m1/s1. The van der Waals surface area contributed by atoms with Crippen molar-refractivity contribution in [2.24, 2.45) is 0 Å². The van der Waals surface area contributed by atoms with E-state index in [0.717, 1.165) is 35.6 Å². The van der Waals surface area contributed by atoms with E-state index in [2.05, 4.69) is 15.1 Å². The molecule has 1 N–H and O–H groups in total. The summed E-state index contributed by atoms with van der Waals surface area (Å²) in [6.07, 6.45) is 1.62. The zero-order valence-electron chi connectivity index (χ0n) is 13.9. The summed E-state index contributed by atoms with van der Waals surface area (Å²) in [7, 11) is 3.24. The van der Waals surface area contributed by atoms with Crippen LogP contribution in [-0.2, 0) is 13.1 Å². The first-order valence-electron chi connectivity index (χ1n) is 8.16. The Hall–Kier alpha value is -2.12. The predicted octanol–water partition coefficient (Wildman–Crippen LogP) is 2.01. The van der Waals surface area contributed by atoms with Crippen molar-refractivity contribution in [3.8, 4) is 11.5 Å². The van der Waals surface area contributed by atoms with Gasteiger partial charge in [-0.1, -0.05) is 0 Å². The van der Waals surface area contributed by atoms with E-state index in [0.29, 0.717) is 37.2 Å². The van der Waals surface area contributed by atoms with Gasteiger partial charge in [-0.15, -0.1) is 10.2 Å². The highest BCUT2D eigenvalue weighted by Gasteiger charge is 2.32. The molecule has 128 valence electrons. The monoisotopic (exact) mass is 331 g/mol. The van der Waals surface area contributed by atoms with Gasteiger partial charge in [-0.05, 0) is 25.0 Å². The smallest absolute Gasteiger partial charge is 0.230 e. The maximum Gasteiger partial charge on any atom is 0.230 e. The van der Waals surface area contributed by atoms with Gasteiger partial charge in [0.1, 0.15) is 11.5 Å². The molecule has 24 heavy (non-hydrogen) atoms. The molecule has 1 aliphatic carbocycles. The lowest BCUT2D eigenvalue weighted by Gasteiger charge is -2.33. The van der Waals surface area contributed by atoms with Gasteiger partial charge in [0.15, 0.2) is 0 Å². The summed E-state index contributed by atoms with van der Waals surface area (Å²) in [6.45, 7) is 1.63. The third-order valence-corrected chi connectivity index (χ3v) is 4.63. The van der Waals surface area contributed by atoms with Crippen molar-refractivity contribution in [3.05, 3.63) is 35.0 Å². The summed E-state index contributed by atoms with van der Waals surface area (Å²) in [5.41, 5.74) is 1.75. The number of hydrogen-bond acceptors (Lipinski definition) is 7. The molecule has 0 amide bonds. The van der Waals surface area contributed by atoms with Crippen LogP contribution in [0.3, 0.4) is 0 Å². The van der Waals surface area contributed by atoms with Crippen LogP contribution in [0.15, 0.2) is 16.5 Å². The van der Waals surface area contributed by atoms with Gasteiger partial charge in [-0.25, -0.2) is 0 Å². The average molecular weight is 331 g/mol. The van der Waals surface area contributed by atoms with Crippen LogP contribution in [0.2, 0.25) is 0 Å². The number of methoxy groups -OCH3 is 2. The number of fused-ring (bicyclic) bond motifs is 1. The molecule has 2 heterocycles. The first-order chi connectivity index (χ1) is 11.7. The van der Waals surface area contributed by atoms with Crippen molar-refractivity contribution in [1.82, 2.24) is 15.1 Å². The predicted molar refractivity (Wildman–Crippen MR) is 84.9 cm³/mol. The zero-order valence-corrected chi connectivity index (χ0v) is 13.9. The molecule has 4 rings (SSSR count). The molecule has 0 unspecified atom stereocenters. The number of ether oxygens (including phenoxy) is 2. The molecule has 1 saturated carbocycles. The third kappa shape index (κ3) is 2.74. The fourth-order valence-electron chi connectivity index (χ4n) is 3.28. The molecule has 7 nitrogen and oxygen atoms in total. The molecule has 0 saturated heterocycles. The number of aromatic nitrogens is 2. The van der Waals surface area contributed by atoms with E-state index in [-0.39, 0.29) is 0 Å². The molecule has 1 aliphatic heterocycles. The van der Waals surface area contributed by atoms with E-state index in [9.17, 15) is 5.11 Å². The second kappa shape index (κ2) is 6.07. The Balaban J connectivity index is 1.57. The lowest BCUT2D eigenvalue weighted by atomic mass is 9.95. The molecule has 1 aromatic carbocycles. The fourth-order valence-corrected chi connectivity index (χ4v) is 3.28. The van der Waals surface area contributed by atoms with Crippen LogP contribution < -0.4 is 9.47 Å². The molecule has 2 aliphatic rings. The number of aliphatic hydroxyl groups is 1. The number of benzene rings is 1. The molecule has 1 aromatic heterocycles. The van der Waals surface area contributed by atoms with Crippen molar-refractivity contribution in [1.29, 1.82) is 0 Å². The van der Waals surface area contributed by atoms with Crippen LogP contribution in [0.25, 0.3) is 0 Å². The number of β-amino-alcohol motifs (C(OH)–C–C–N with tert-alkyl or cyclic N) is 1. The summed E-state index contributed by atoms with van der Waals surface area (Å²) >= 11 is 0. The first-order valence-corrected chi connectivity index (χ1v) is 8.16. The van der Waals surface area contributed by atoms with Gasteiger partial charge < -0.3 is 19.0 Å². The van der Waals surface area contributed by atoms with Gasteiger partial charge in [0.2, 0.25) is 11.8 Å². The fraction of sp³-hybridized carbons (Fsp3) is 0.529. The molecule has 1 atom stereocenters.